The minimum Gasteiger partial charge on any atom is -0.493 e. The van der Waals surface area contributed by atoms with Gasteiger partial charge in [0.25, 0.3) is 11.5 Å². The molecule has 1 amide bonds. The largest absolute Gasteiger partial charge is 0.493 e. The van der Waals surface area contributed by atoms with Crippen LogP contribution in [0.1, 0.15) is 84.1 Å². The number of aromatic nitrogens is 2. The molecule has 6 atom stereocenters. The summed E-state index contributed by atoms with van der Waals surface area (Å²) in [4.78, 5) is 34.4. The van der Waals surface area contributed by atoms with Crippen molar-refractivity contribution in [2.75, 3.05) is 74.5 Å². The van der Waals surface area contributed by atoms with E-state index < -0.39 is 12.2 Å². The second-order valence-electron chi connectivity index (χ2n) is 17.3. The van der Waals surface area contributed by atoms with Crippen molar-refractivity contribution in [2.24, 2.45) is 18.9 Å². The quantitative estimate of drug-likeness (QED) is 0.125. The maximum atomic E-state index is 15.4. The Balaban J connectivity index is 1.17. The van der Waals surface area contributed by atoms with Gasteiger partial charge in [0.1, 0.15) is 0 Å². The molecule has 0 unspecified atom stereocenters. The van der Waals surface area contributed by atoms with Crippen LogP contribution in [0.5, 0.6) is 23.0 Å². The summed E-state index contributed by atoms with van der Waals surface area (Å²) in [6.07, 6.45) is 5.57. The molecule has 1 N–H and O–H groups in total. The summed E-state index contributed by atoms with van der Waals surface area (Å²) >= 11 is 0. The average molecular weight is 881 g/mol. The molecule has 0 aliphatic carbocycles. The van der Waals surface area contributed by atoms with Crippen molar-refractivity contribution in [1.82, 2.24) is 19.2 Å². The Morgan fingerprint density at radius 1 is 0.828 bits per heavy atom. The number of piperidine rings is 1. The Labute approximate surface area is 376 Å². The molecule has 1 saturated heterocycles. The fourth-order valence-corrected chi connectivity index (χ4v) is 10.7. The average Bonchev–Trinajstić information content (AvgIpc) is 3.55. The van der Waals surface area contributed by atoms with Gasteiger partial charge in [-0.2, -0.15) is 0 Å². The number of carbonyl (C=O) groups is 1. The monoisotopic (exact) mass is 880 g/mol. The molecule has 3 aromatic carbocycles. The lowest BCUT2D eigenvalue weighted by molar-refractivity contribution is -0.158. The highest BCUT2D eigenvalue weighted by Gasteiger charge is 2.44. The summed E-state index contributed by atoms with van der Waals surface area (Å²) in [6.45, 7) is 7.13. The van der Waals surface area contributed by atoms with E-state index in [4.69, 9.17) is 33.2 Å². The maximum absolute atomic E-state index is 15.4. The van der Waals surface area contributed by atoms with Crippen LogP contribution in [0.3, 0.4) is 0 Å². The molecule has 344 valence electrons. The number of rotatable bonds is 16. The molecule has 5 heterocycles. The number of amides is 1. The molecular weight excluding hydrogens is 817 g/mol. The number of aliphatic hydroxyl groups excluding tert-OH is 1. The Kier molecular flexibility index (Phi) is 14.0. The number of allylic oxidation sites excluding steroid dienone is 1. The predicted octanol–water partition coefficient (Wildman–Crippen LogP) is 6.42. The van der Waals surface area contributed by atoms with Crippen molar-refractivity contribution in [3.63, 3.8) is 0 Å². The van der Waals surface area contributed by atoms with E-state index in [0.29, 0.717) is 42.4 Å². The van der Waals surface area contributed by atoms with Crippen molar-refractivity contribution in [3.05, 3.63) is 110 Å². The van der Waals surface area contributed by atoms with Gasteiger partial charge in [-0.1, -0.05) is 31.5 Å². The van der Waals surface area contributed by atoms with Gasteiger partial charge in [-0.15, -0.1) is 0 Å². The van der Waals surface area contributed by atoms with Gasteiger partial charge in [0, 0.05) is 56.3 Å². The number of benzene rings is 3. The van der Waals surface area contributed by atoms with E-state index in [0.717, 1.165) is 72.8 Å². The number of ether oxygens (including phenoxy) is 7. The van der Waals surface area contributed by atoms with Crippen LogP contribution in [0, 0.1) is 18.8 Å². The number of carbonyl (C=O) groups excluding carboxylic acids is 1. The second kappa shape index (κ2) is 19.9. The standard InChI is InChI=1S/C50H64N4O10/c1-8-32-30-52-16-14-33-24-42(58-4)44(60-6)28-38(33)40(52)22-35(32)23-41-39-29-45(61-7)43(59-5)25-34(39)15-17-53(41)49(56)46-26-36(27-47(64-46)63-21-20-62-19-18-55)48-31(2)51(3)54(50(48)57)37-12-10-9-11-13-37/h9-13,24-26,28-29,32,35-36,40-41,47,55H,8,14-23,27,30H2,1-7H3/t32-,35+,36+,40-,41+,47-/m0/s1. The highest BCUT2D eigenvalue weighted by atomic mass is 16.7. The Bertz CT molecular complexity index is 2380. The van der Waals surface area contributed by atoms with Crippen molar-refractivity contribution in [2.45, 2.75) is 76.7 Å². The van der Waals surface area contributed by atoms with Crippen LogP contribution in [0.2, 0.25) is 0 Å². The van der Waals surface area contributed by atoms with E-state index in [-0.39, 0.29) is 61.7 Å². The lowest BCUT2D eigenvalue weighted by Gasteiger charge is -2.49. The Morgan fingerprint density at radius 3 is 2.16 bits per heavy atom. The molecular formula is C50H64N4O10. The van der Waals surface area contributed by atoms with Crippen LogP contribution in [-0.4, -0.2) is 111 Å². The van der Waals surface area contributed by atoms with Crippen molar-refractivity contribution in [3.8, 4) is 28.7 Å². The number of aliphatic hydroxyl groups is 1. The van der Waals surface area contributed by atoms with Gasteiger partial charge in [-0.3, -0.25) is 19.2 Å². The number of hydrogen-bond acceptors (Lipinski definition) is 11. The number of fused-ring (bicyclic) bond motifs is 4. The van der Waals surface area contributed by atoms with E-state index in [9.17, 15) is 9.90 Å². The van der Waals surface area contributed by atoms with Crippen LogP contribution in [0.25, 0.3) is 5.69 Å². The molecule has 1 aromatic heterocycles. The van der Waals surface area contributed by atoms with Crippen LogP contribution >= 0.6 is 0 Å². The molecule has 0 bridgehead atoms. The summed E-state index contributed by atoms with van der Waals surface area (Å²) < 4.78 is 44.9. The number of hydrogen-bond donors (Lipinski definition) is 1. The van der Waals surface area contributed by atoms with Gasteiger partial charge in [0.15, 0.2) is 28.8 Å². The minimum absolute atomic E-state index is 0.0980. The van der Waals surface area contributed by atoms with Crippen LogP contribution in [0.4, 0.5) is 0 Å². The second-order valence-corrected chi connectivity index (χ2v) is 17.3. The Morgan fingerprint density at radius 2 is 1.48 bits per heavy atom. The van der Waals surface area contributed by atoms with E-state index >= 15 is 4.79 Å². The summed E-state index contributed by atoms with van der Waals surface area (Å²) in [6, 6.07) is 17.9. The molecule has 0 saturated carbocycles. The van der Waals surface area contributed by atoms with Gasteiger partial charge in [0.05, 0.1) is 66.6 Å². The lowest BCUT2D eigenvalue weighted by Crippen LogP contribution is -2.48. The third-order valence-electron chi connectivity index (χ3n) is 14.1. The highest BCUT2D eigenvalue weighted by molar-refractivity contribution is 5.92. The van der Waals surface area contributed by atoms with Crippen LogP contribution < -0.4 is 24.5 Å². The van der Waals surface area contributed by atoms with Gasteiger partial charge in [0.2, 0.25) is 6.29 Å². The number of nitrogens with zero attached hydrogens (tertiary/aromatic N) is 4. The molecule has 4 aliphatic rings. The van der Waals surface area contributed by atoms with Crippen molar-refractivity contribution >= 4 is 5.91 Å². The minimum atomic E-state index is -0.827. The smallest absolute Gasteiger partial charge is 0.289 e. The topological polar surface area (TPSA) is 135 Å². The molecule has 0 radical (unpaired) electrons. The molecule has 0 spiro atoms. The summed E-state index contributed by atoms with van der Waals surface area (Å²) in [7, 11) is 8.54. The molecule has 14 nitrogen and oxygen atoms in total. The molecule has 1 fully saturated rings. The lowest BCUT2D eigenvalue weighted by atomic mass is 9.72. The molecule has 64 heavy (non-hydrogen) atoms. The van der Waals surface area contributed by atoms with E-state index in [1.807, 2.05) is 60.0 Å². The first-order valence-corrected chi connectivity index (χ1v) is 22.7. The third-order valence-corrected chi connectivity index (χ3v) is 14.1. The molecule has 14 heteroatoms. The van der Waals surface area contributed by atoms with Crippen molar-refractivity contribution < 1.29 is 43.1 Å². The first-order valence-electron chi connectivity index (χ1n) is 22.7. The number of para-hydroxylation sites is 1. The summed E-state index contributed by atoms with van der Waals surface area (Å²) in [5.74, 6) is 2.88. The van der Waals surface area contributed by atoms with Crippen LogP contribution in [-0.2, 0) is 38.9 Å². The fourth-order valence-electron chi connectivity index (χ4n) is 10.7. The summed E-state index contributed by atoms with van der Waals surface area (Å²) in [5.41, 5.74) is 6.71. The van der Waals surface area contributed by atoms with Gasteiger partial charge in [-0.05, 0) is 109 Å². The zero-order valence-corrected chi connectivity index (χ0v) is 38.3. The van der Waals surface area contributed by atoms with Crippen molar-refractivity contribution in [1.29, 1.82) is 0 Å². The normalized spacial score (nSPS) is 23.0. The predicted molar refractivity (Wildman–Crippen MR) is 242 cm³/mol. The zero-order chi connectivity index (χ0) is 45.1. The SMILES string of the molecule is CC[C@H]1CN2CCc3cc(OC)c(OC)cc3[C@@H]2C[C@@H]1C[C@@H]1c2cc(OC)c(OC)cc2CCN1C(=O)C1=C[C@@H](c2c(C)n(C)n(-c3ccccc3)c2=O)C[C@@H](OCCOCCO)O1. The Hall–Kier alpha value is -5.28. The van der Waals surface area contributed by atoms with E-state index in [1.165, 1.54) is 11.1 Å². The molecule has 8 rings (SSSR count). The first-order chi connectivity index (χ1) is 31.1. The fraction of sp³-hybridized carbons (Fsp3) is 0.520. The molecule has 4 aliphatic heterocycles. The molecule has 4 aromatic rings. The van der Waals surface area contributed by atoms with Gasteiger partial charge in [-0.25, -0.2) is 4.68 Å². The third kappa shape index (κ3) is 8.77. The zero-order valence-electron chi connectivity index (χ0n) is 38.3. The van der Waals surface area contributed by atoms with Gasteiger partial charge < -0.3 is 43.2 Å². The maximum Gasteiger partial charge on any atom is 0.289 e. The first kappa shape index (κ1) is 45.3. The van der Waals surface area contributed by atoms with E-state index in [2.05, 4.69) is 36.1 Å². The summed E-state index contributed by atoms with van der Waals surface area (Å²) in [5, 5.41) is 9.25. The van der Waals surface area contributed by atoms with E-state index in [1.54, 1.807) is 33.1 Å². The van der Waals surface area contributed by atoms with Crippen LogP contribution in [0.15, 0.2) is 71.2 Å². The number of methoxy groups -OCH3 is 4. The van der Waals surface area contributed by atoms with Gasteiger partial charge >= 0.3 is 0 Å². The highest BCUT2D eigenvalue weighted by Crippen LogP contribution is 2.50.